The second kappa shape index (κ2) is 13.5. The Balaban J connectivity index is 2.34. The Bertz CT molecular complexity index is 1020. The van der Waals surface area contributed by atoms with Crippen molar-refractivity contribution in [1.29, 1.82) is 0 Å². The first-order valence-electron chi connectivity index (χ1n) is 12.0. The third-order valence-electron chi connectivity index (χ3n) is 5.42. The smallest absolute Gasteiger partial charge is 0.325 e. The van der Waals surface area contributed by atoms with Crippen LogP contribution in [0.5, 0.6) is 11.5 Å². The van der Waals surface area contributed by atoms with Gasteiger partial charge in [-0.05, 0) is 36.5 Å². The van der Waals surface area contributed by atoms with Gasteiger partial charge in [-0.1, -0.05) is 33.8 Å². The summed E-state index contributed by atoms with van der Waals surface area (Å²) in [6, 6.07) is 6.77. The summed E-state index contributed by atoms with van der Waals surface area (Å²) in [4.78, 5) is 37.0. The molecule has 1 aromatic carbocycles. The lowest BCUT2D eigenvalue weighted by atomic mass is 10.0. The Hall–Kier alpha value is -3.56. The number of benzene rings is 1. The molecule has 10 nitrogen and oxygen atoms in total. The molecule has 0 unspecified atom stereocenters. The summed E-state index contributed by atoms with van der Waals surface area (Å²) >= 11 is 0. The minimum absolute atomic E-state index is 0.0286. The van der Waals surface area contributed by atoms with E-state index in [0.717, 1.165) is 0 Å². The number of carbonyl (C=O) groups is 3. The van der Waals surface area contributed by atoms with Crippen molar-refractivity contribution < 1.29 is 28.6 Å². The number of methoxy groups -OCH3 is 3. The van der Waals surface area contributed by atoms with Crippen LogP contribution in [0.25, 0.3) is 11.3 Å². The van der Waals surface area contributed by atoms with E-state index in [0.29, 0.717) is 35.7 Å². The molecule has 2 aromatic rings. The number of ether oxygens (including phenoxy) is 3. The molecule has 0 spiro atoms. The Kier molecular flexibility index (Phi) is 10.8. The highest BCUT2D eigenvalue weighted by molar-refractivity contribution is 5.94. The van der Waals surface area contributed by atoms with Gasteiger partial charge in [-0.3, -0.25) is 19.1 Å². The zero-order chi connectivity index (χ0) is 26.8. The quantitative estimate of drug-likeness (QED) is 0.404. The van der Waals surface area contributed by atoms with E-state index in [2.05, 4.69) is 34.3 Å². The lowest BCUT2D eigenvalue weighted by Gasteiger charge is -2.19. The predicted molar refractivity (Wildman–Crippen MR) is 136 cm³/mol. The summed E-state index contributed by atoms with van der Waals surface area (Å²) in [5.41, 5.74) is 1.62. The van der Waals surface area contributed by atoms with Crippen molar-refractivity contribution in [2.75, 3.05) is 27.9 Å². The molecule has 0 aliphatic heterocycles. The van der Waals surface area contributed by atoms with E-state index in [1.807, 2.05) is 32.0 Å². The van der Waals surface area contributed by atoms with Crippen molar-refractivity contribution in [3.8, 4) is 22.8 Å². The first-order valence-corrected chi connectivity index (χ1v) is 12.0. The van der Waals surface area contributed by atoms with Crippen LogP contribution in [0.1, 0.15) is 51.0 Å². The van der Waals surface area contributed by atoms with Crippen LogP contribution in [0.4, 0.5) is 0 Å². The average Bonchev–Trinajstić information content (AvgIpc) is 3.24. The molecular formula is C26H38N4O6. The summed E-state index contributed by atoms with van der Waals surface area (Å²) in [5.74, 6) is 0.429. The van der Waals surface area contributed by atoms with Crippen LogP contribution in [-0.2, 0) is 20.9 Å². The minimum atomic E-state index is -0.539. The predicted octanol–water partition coefficient (Wildman–Crippen LogP) is 3.05. The van der Waals surface area contributed by atoms with Gasteiger partial charge in [-0.2, -0.15) is 5.10 Å². The summed E-state index contributed by atoms with van der Waals surface area (Å²) in [6.07, 6.45) is 0.609. The molecule has 2 amide bonds. The molecule has 2 N–H and O–H groups in total. The first kappa shape index (κ1) is 28.7. The van der Waals surface area contributed by atoms with Crippen molar-refractivity contribution in [3.05, 3.63) is 30.0 Å². The van der Waals surface area contributed by atoms with Crippen molar-refractivity contribution in [2.45, 2.75) is 53.1 Å². The van der Waals surface area contributed by atoms with Crippen molar-refractivity contribution in [2.24, 2.45) is 11.8 Å². The van der Waals surface area contributed by atoms with E-state index in [1.165, 1.54) is 7.11 Å². The van der Waals surface area contributed by atoms with Crippen LogP contribution in [0.15, 0.2) is 24.3 Å². The highest BCUT2D eigenvalue weighted by atomic mass is 16.5. The molecule has 0 aliphatic rings. The molecule has 2 rings (SSSR count). The van der Waals surface area contributed by atoms with Crippen molar-refractivity contribution in [1.82, 2.24) is 20.4 Å². The number of aromatic nitrogens is 2. The number of carbonyl (C=O) groups excluding carboxylic acids is 3. The fraction of sp³-hybridized carbons (Fsp3) is 0.538. The zero-order valence-electron chi connectivity index (χ0n) is 22.2. The highest BCUT2D eigenvalue weighted by Gasteiger charge is 2.24. The van der Waals surface area contributed by atoms with Gasteiger partial charge in [-0.15, -0.1) is 0 Å². The third-order valence-corrected chi connectivity index (χ3v) is 5.42. The van der Waals surface area contributed by atoms with Gasteiger partial charge in [0.25, 0.3) is 5.91 Å². The van der Waals surface area contributed by atoms with Gasteiger partial charge in [0.05, 0.1) is 32.6 Å². The summed E-state index contributed by atoms with van der Waals surface area (Å²) in [6.45, 7) is 8.51. The number of hydrogen-bond acceptors (Lipinski definition) is 7. The maximum Gasteiger partial charge on any atom is 0.325 e. The second-order valence-electron chi connectivity index (χ2n) is 9.39. The van der Waals surface area contributed by atoms with Gasteiger partial charge in [0, 0.05) is 19.0 Å². The molecule has 1 aromatic heterocycles. The number of nitrogens with one attached hydrogen (secondary N) is 2. The van der Waals surface area contributed by atoms with Crippen LogP contribution < -0.4 is 20.1 Å². The van der Waals surface area contributed by atoms with Crippen LogP contribution in [0, 0.1) is 11.8 Å². The molecule has 0 aliphatic carbocycles. The molecule has 10 heteroatoms. The SMILES string of the molecule is COC(=O)CNC(=O)C[C@H](CC(C)C)NC(=O)c1cc(-c2c(OC)cccc2OC)n(CC(C)C)n1. The van der Waals surface area contributed by atoms with Crippen molar-refractivity contribution in [3.63, 3.8) is 0 Å². The van der Waals surface area contributed by atoms with Crippen LogP contribution >= 0.6 is 0 Å². The highest BCUT2D eigenvalue weighted by Crippen LogP contribution is 2.38. The molecule has 1 atom stereocenters. The first-order chi connectivity index (χ1) is 17.1. The summed E-state index contributed by atoms with van der Waals surface area (Å²) in [5, 5.41) is 10.1. The number of amides is 2. The lowest BCUT2D eigenvalue weighted by Crippen LogP contribution is -2.41. The van der Waals surface area contributed by atoms with E-state index >= 15 is 0 Å². The van der Waals surface area contributed by atoms with Crippen LogP contribution in [-0.4, -0.2) is 61.5 Å². The van der Waals surface area contributed by atoms with Gasteiger partial charge in [0.1, 0.15) is 18.0 Å². The van der Waals surface area contributed by atoms with Gasteiger partial charge >= 0.3 is 5.97 Å². The van der Waals surface area contributed by atoms with Gasteiger partial charge in [0.15, 0.2) is 5.69 Å². The average molecular weight is 503 g/mol. The zero-order valence-corrected chi connectivity index (χ0v) is 22.2. The normalized spacial score (nSPS) is 11.8. The van der Waals surface area contributed by atoms with Gasteiger partial charge in [0.2, 0.25) is 5.91 Å². The molecule has 1 heterocycles. The fourth-order valence-corrected chi connectivity index (χ4v) is 3.88. The summed E-state index contributed by atoms with van der Waals surface area (Å²) < 4.78 is 17.5. The van der Waals surface area contributed by atoms with Gasteiger partial charge in [-0.25, -0.2) is 0 Å². The number of esters is 1. The van der Waals surface area contributed by atoms with Gasteiger partial charge < -0.3 is 24.8 Å². The van der Waals surface area contributed by atoms with E-state index < -0.39 is 12.0 Å². The maximum atomic E-state index is 13.3. The van der Waals surface area contributed by atoms with Crippen LogP contribution in [0.2, 0.25) is 0 Å². The Labute approximate surface area is 212 Å². The fourth-order valence-electron chi connectivity index (χ4n) is 3.88. The largest absolute Gasteiger partial charge is 0.496 e. The van der Waals surface area contributed by atoms with E-state index in [9.17, 15) is 14.4 Å². The Morgan fingerprint density at radius 3 is 2.17 bits per heavy atom. The maximum absolute atomic E-state index is 13.3. The Morgan fingerprint density at radius 1 is 1.00 bits per heavy atom. The number of hydrogen-bond donors (Lipinski definition) is 2. The molecule has 0 saturated heterocycles. The second-order valence-corrected chi connectivity index (χ2v) is 9.39. The van der Waals surface area contributed by atoms with E-state index in [-0.39, 0.29) is 42.3 Å². The Morgan fingerprint density at radius 2 is 1.64 bits per heavy atom. The minimum Gasteiger partial charge on any atom is -0.496 e. The van der Waals surface area contributed by atoms with Crippen LogP contribution in [0.3, 0.4) is 0 Å². The van der Waals surface area contributed by atoms with E-state index in [4.69, 9.17) is 9.47 Å². The topological polar surface area (TPSA) is 121 Å². The molecule has 198 valence electrons. The number of nitrogens with zero attached hydrogens (tertiary/aromatic N) is 2. The molecule has 0 bridgehead atoms. The van der Waals surface area contributed by atoms with E-state index in [1.54, 1.807) is 25.0 Å². The molecule has 0 saturated carbocycles. The third kappa shape index (κ3) is 8.00. The van der Waals surface area contributed by atoms with Crippen molar-refractivity contribution >= 4 is 17.8 Å². The monoisotopic (exact) mass is 502 g/mol. The molecule has 0 fully saturated rings. The number of rotatable bonds is 13. The lowest BCUT2D eigenvalue weighted by molar-refractivity contribution is -0.141. The molecular weight excluding hydrogens is 464 g/mol. The molecule has 0 radical (unpaired) electrons. The molecule has 36 heavy (non-hydrogen) atoms. The standard InChI is InChI=1S/C26H38N4O6/c1-16(2)11-18(12-23(31)27-14-24(32)36-7)28-26(33)19-13-20(30(29-19)15-17(3)4)25-21(34-5)9-8-10-22(25)35-6/h8-10,13,16-18H,11-12,14-15H2,1-7H3,(H,27,31)(H,28,33)/t18-/m0/s1. The summed E-state index contributed by atoms with van der Waals surface area (Å²) in [7, 11) is 4.41.